The summed E-state index contributed by atoms with van der Waals surface area (Å²) in [7, 11) is 0. The summed E-state index contributed by atoms with van der Waals surface area (Å²) in [5.41, 5.74) is 0.957. The van der Waals surface area contributed by atoms with Crippen LogP contribution >= 0.6 is 0 Å². The lowest BCUT2D eigenvalue weighted by atomic mass is 10.2. The predicted molar refractivity (Wildman–Crippen MR) is 71.6 cm³/mol. The van der Waals surface area contributed by atoms with Gasteiger partial charge in [0.15, 0.2) is 0 Å². The average Bonchev–Trinajstić information content (AvgIpc) is 2.95. The van der Waals surface area contributed by atoms with E-state index < -0.39 is 0 Å². The molecule has 1 amide bonds. The first-order chi connectivity index (χ1) is 9.04. The fourth-order valence-corrected chi connectivity index (χ4v) is 1.88. The molecule has 5 heteroatoms. The maximum atomic E-state index is 11.8. The van der Waals surface area contributed by atoms with Gasteiger partial charge in [-0.1, -0.05) is 0 Å². The van der Waals surface area contributed by atoms with E-state index in [1.54, 1.807) is 0 Å². The van der Waals surface area contributed by atoms with Gasteiger partial charge in [0, 0.05) is 12.6 Å². The molecule has 1 unspecified atom stereocenters. The number of hydrogen-bond acceptors (Lipinski definition) is 3. The molecular weight excluding hydrogens is 242 g/mol. The summed E-state index contributed by atoms with van der Waals surface area (Å²) < 4.78 is 7.21. The van der Waals surface area contributed by atoms with Crippen molar-refractivity contribution in [1.82, 2.24) is 15.1 Å². The zero-order valence-corrected chi connectivity index (χ0v) is 11.5. The Morgan fingerprint density at radius 1 is 1.42 bits per heavy atom. The summed E-state index contributed by atoms with van der Waals surface area (Å²) >= 11 is 0. The Labute approximate surface area is 112 Å². The van der Waals surface area contributed by atoms with Gasteiger partial charge in [-0.3, -0.25) is 9.48 Å². The molecule has 1 atom stereocenters. The minimum atomic E-state index is -0.00490. The fraction of sp³-hybridized carbons (Fsp3) is 0.429. The van der Waals surface area contributed by atoms with Crippen LogP contribution in [-0.4, -0.2) is 15.7 Å². The first-order valence-corrected chi connectivity index (χ1v) is 6.38. The second-order valence-corrected chi connectivity index (χ2v) is 4.78. The Morgan fingerprint density at radius 2 is 2.21 bits per heavy atom. The van der Waals surface area contributed by atoms with Crippen molar-refractivity contribution in [3.63, 3.8) is 0 Å². The summed E-state index contributed by atoms with van der Waals surface area (Å²) in [6.45, 7) is 6.22. The number of nitrogens with one attached hydrogen (secondary N) is 1. The maximum absolute atomic E-state index is 11.8. The Hall–Kier alpha value is -2.04. The van der Waals surface area contributed by atoms with Gasteiger partial charge in [0.1, 0.15) is 11.5 Å². The minimum absolute atomic E-state index is 0.00490. The molecule has 2 heterocycles. The third-order valence-corrected chi connectivity index (χ3v) is 2.93. The molecule has 19 heavy (non-hydrogen) atoms. The van der Waals surface area contributed by atoms with Gasteiger partial charge in [-0.25, -0.2) is 0 Å². The highest BCUT2D eigenvalue weighted by atomic mass is 16.3. The van der Waals surface area contributed by atoms with E-state index >= 15 is 0 Å². The monoisotopic (exact) mass is 261 g/mol. The van der Waals surface area contributed by atoms with Crippen molar-refractivity contribution < 1.29 is 9.21 Å². The largest absolute Gasteiger partial charge is 0.465 e. The molecule has 0 saturated heterocycles. The third-order valence-electron chi connectivity index (χ3n) is 2.93. The van der Waals surface area contributed by atoms with E-state index in [0.29, 0.717) is 13.0 Å². The summed E-state index contributed by atoms with van der Waals surface area (Å²) in [6, 6.07) is 5.74. The number of carbonyl (C=O) groups excluding carboxylic acids is 1. The Bertz CT molecular complexity index is 557. The van der Waals surface area contributed by atoms with Crippen LogP contribution in [0.2, 0.25) is 0 Å². The molecule has 2 rings (SSSR count). The van der Waals surface area contributed by atoms with Crippen LogP contribution in [0.25, 0.3) is 0 Å². The molecule has 5 nitrogen and oxygen atoms in total. The van der Waals surface area contributed by atoms with Gasteiger partial charge in [0.2, 0.25) is 5.91 Å². The Morgan fingerprint density at radius 3 is 2.79 bits per heavy atom. The predicted octanol–water partition coefficient (Wildman–Crippen LogP) is 2.36. The van der Waals surface area contributed by atoms with E-state index in [-0.39, 0.29) is 11.9 Å². The Kier molecular flexibility index (Phi) is 4.04. The second-order valence-electron chi connectivity index (χ2n) is 4.78. The van der Waals surface area contributed by atoms with Crippen molar-refractivity contribution in [2.24, 2.45) is 0 Å². The fourth-order valence-electron chi connectivity index (χ4n) is 1.88. The maximum Gasteiger partial charge on any atom is 0.222 e. The van der Waals surface area contributed by atoms with Crippen LogP contribution in [0.5, 0.6) is 0 Å². The number of aryl methyl sites for hydroxylation is 2. The second kappa shape index (κ2) is 5.73. The molecule has 1 N–H and O–H groups in total. The van der Waals surface area contributed by atoms with E-state index in [9.17, 15) is 4.79 Å². The van der Waals surface area contributed by atoms with Crippen molar-refractivity contribution in [1.29, 1.82) is 0 Å². The number of hydrogen-bond donors (Lipinski definition) is 1. The van der Waals surface area contributed by atoms with Crippen molar-refractivity contribution in [3.8, 4) is 0 Å². The number of aromatic nitrogens is 2. The number of furan rings is 1. The molecule has 0 aliphatic heterocycles. The highest BCUT2D eigenvalue weighted by molar-refractivity contribution is 5.76. The van der Waals surface area contributed by atoms with E-state index in [2.05, 4.69) is 10.4 Å². The molecular formula is C14H19N3O2. The van der Waals surface area contributed by atoms with E-state index in [1.807, 2.05) is 49.8 Å². The summed E-state index contributed by atoms with van der Waals surface area (Å²) in [5.74, 6) is 1.62. The molecule has 2 aromatic rings. The molecule has 0 aliphatic rings. The lowest BCUT2D eigenvalue weighted by molar-refractivity contribution is -0.122. The smallest absolute Gasteiger partial charge is 0.222 e. The van der Waals surface area contributed by atoms with Gasteiger partial charge in [0.25, 0.3) is 0 Å². The number of carbonyl (C=O) groups is 1. The molecule has 0 radical (unpaired) electrons. The first-order valence-electron chi connectivity index (χ1n) is 6.38. The van der Waals surface area contributed by atoms with Crippen LogP contribution in [0, 0.1) is 13.8 Å². The van der Waals surface area contributed by atoms with Gasteiger partial charge < -0.3 is 9.73 Å². The molecule has 0 fully saturated rings. The van der Waals surface area contributed by atoms with Gasteiger partial charge in [-0.15, -0.1) is 0 Å². The highest BCUT2D eigenvalue weighted by Gasteiger charge is 2.11. The molecule has 2 aromatic heterocycles. The van der Waals surface area contributed by atoms with Gasteiger partial charge in [0.05, 0.1) is 18.3 Å². The lowest BCUT2D eigenvalue weighted by Gasteiger charge is -2.11. The molecule has 0 aliphatic carbocycles. The van der Waals surface area contributed by atoms with E-state index in [1.165, 1.54) is 0 Å². The molecule has 0 bridgehead atoms. The summed E-state index contributed by atoms with van der Waals surface area (Å²) in [5, 5.41) is 7.15. The van der Waals surface area contributed by atoms with Crippen LogP contribution in [0.15, 0.2) is 28.8 Å². The average molecular weight is 261 g/mol. The number of amides is 1. The molecule has 0 aromatic carbocycles. The van der Waals surface area contributed by atoms with Gasteiger partial charge in [-0.2, -0.15) is 5.10 Å². The van der Waals surface area contributed by atoms with Gasteiger partial charge in [-0.05, 0) is 39.0 Å². The topological polar surface area (TPSA) is 60.1 Å². The number of rotatable bonds is 5. The van der Waals surface area contributed by atoms with Crippen molar-refractivity contribution in [3.05, 3.63) is 41.6 Å². The van der Waals surface area contributed by atoms with Crippen LogP contribution in [-0.2, 0) is 11.3 Å². The third kappa shape index (κ3) is 3.71. The Balaban J connectivity index is 1.81. The lowest BCUT2D eigenvalue weighted by Crippen LogP contribution is -2.25. The van der Waals surface area contributed by atoms with E-state index in [0.717, 1.165) is 17.2 Å². The minimum Gasteiger partial charge on any atom is -0.465 e. The quantitative estimate of drug-likeness (QED) is 0.898. The van der Waals surface area contributed by atoms with Crippen LogP contribution in [0.4, 0.5) is 0 Å². The van der Waals surface area contributed by atoms with Crippen molar-refractivity contribution in [2.45, 2.75) is 39.8 Å². The highest BCUT2D eigenvalue weighted by Crippen LogP contribution is 2.10. The molecule has 102 valence electrons. The van der Waals surface area contributed by atoms with E-state index in [4.69, 9.17) is 4.42 Å². The zero-order valence-electron chi connectivity index (χ0n) is 11.5. The summed E-state index contributed by atoms with van der Waals surface area (Å²) in [6.07, 6.45) is 2.30. The molecule has 0 spiro atoms. The van der Waals surface area contributed by atoms with Crippen LogP contribution in [0.1, 0.15) is 36.6 Å². The zero-order chi connectivity index (χ0) is 13.8. The van der Waals surface area contributed by atoms with Gasteiger partial charge >= 0.3 is 0 Å². The van der Waals surface area contributed by atoms with Crippen LogP contribution in [0.3, 0.4) is 0 Å². The van der Waals surface area contributed by atoms with Crippen molar-refractivity contribution >= 4 is 5.91 Å². The van der Waals surface area contributed by atoms with Crippen LogP contribution < -0.4 is 5.32 Å². The number of nitrogens with zero attached hydrogens (tertiary/aromatic N) is 2. The standard InChI is InChI=1S/C14H19N3O2/c1-10-6-7-17(16-10)11(2)8-14(18)15-9-13-5-4-12(3)19-13/h4-7,11H,8-9H2,1-3H3,(H,15,18). The first kappa shape index (κ1) is 13.4. The molecule has 0 saturated carbocycles. The van der Waals surface area contributed by atoms with Crippen molar-refractivity contribution in [2.75, 3.05) is 0 Å². The normalized spacial score (nSPS) is 12.4. The SMILES string of the molecule is Cc1ccn(C(C)CC(=O)NCc2ccc(C)o2)n1. The summed E-state index contributed by atoms with van der Waals surface area (Å²) in [4.78, 5) is 11.8.